The molecule has 0 rings (SSSR count). The summed E-state index contributed by atoms with van der Waals surface area (Å²) in [6, 6.07) is 0. The highest BCUT2D eigenvalue weighted by atomic mass is 16.5. The number of hydrogen-bond acceptors (Lipinski definition) is 3. The molecule has 0 radical (unpaired) electrons. The number of carboxylic acids is 1. The lowest BCUT2D eigenvalue weighted by atomic mass is 10.0. The van der Waals surface area contributed by atoms with E-state index in [2.05, 4.69) is 13.0 Å². The van der Waals surface area contributed by atoms with Crippen LogP contribution < -0.4 is 0 Å². The van der Waals surface area contributed by atoms with Crippen LogP contribution in [-0.4, -0.2) is 23.1 Å². The molecule has 0 amide bonds. The zero-order chi connectivity index (χ0) is 18.9. The number of esters is 1. The molecule has 0 saturated heterocycles. The van der Waals surface area contributed by atoms with Crippen LogP contribution in [0.4, 0.5) is 0 Å². The van der Waals surface area contributed by atoms with Gasteiger partial charge in [-0.3, -0.25) is 0 Å². The largest absolute Gasteiger partial charge is 0.478 e. The summed E-state index contributed by atoms with van der Waals surface area (Å²) in [4.78, 5) is 22.7. The molecule has 0 aromatic carbocycles. The Hall–Kier alpha value is -1.58. The molecule has 1 N–H and O–H groups in total. The molecule has 0 aliphatic rings. The maximum absolute atomic E-state index is 11.9. The van der Waals surface area contributed by atoms with Gasteiger partial charge in [0.15, 0.2) is 0 Å². The van der Waals surface area contributed by atoms with E-state index in [1.165, 1.54) is 39.0 Å². The minimum absolute atomic E-state index is 0.00795. The van der Waals surface area contributed by atoms with Crippen LogP contribution in [0.1, 0.15) is 91.4 Å². The number of hydrogen-bond donors (Lipinski definition) is 1. The molecule has 0 aromatic rings. The molecule has 0 aliphatic carbocycles. The number of unbranched alkanes of at least 4 members (excludes halogenated alkanes) is 7. The van der Waals surface area contributed by atoms with Gasteiger partial charge in [0.05, 0.1) is 0 Å². The number of rotatable bonds is 15. The molecule has 0 heterocycles. The third kappa shape index (κ3) is 14.5. The van der Waals surface area contributed by atoms with Crippen molar-refractivity contribution in [3.63, 3.8) is 0 Å². The maximum atomic E-state index is 11.9. The van der Waals surface area contributed by atoms with Gasteiger partial charge < -0.3 is 9.84 Å². The fraction of sp³-hybridized carbons (Fsp3) is 0.714. The van der Waals surface area contributed by atoms with Crippen molar-refractivity contribution in [3.8, 4) is 0 Å². The highest BCUT2D eigenvalue weighted by Crippen LogP contribution is 2.16. The Kier molecular flexibility index (Phi) is 14.9. The fourth-order valence-electron chi connectivity index (χ4n) is 2.66. The van der Waals surface area contributed by atoms with Gasteiger partial charge in [-0.05, 0) is 46.0 Å². The zero-order valence-electron chi connectivity index (χ0n) is 16.3. The van der Waals surface area contributed by atoms with Crippen LogP contribution in [0.5, 0.6) is 0 Å². The highest BCUT2D eigenvalue weighted by Gasteiger charge is 2.14. The average Bonchev–Trinajstić information content (AvgIpc) is 2.57. The molecule has 25 heavy (non-hydrogen) atoms. The topological polar surface area (TPSA) is 63.6 Å². The van der Waals surface area contributed by atoms with Crippen molar-refractivity contribution in [2.75, 3.05) is 0 Å². The number of carboxylic acid groups (broad SMARTS) is 1. The molecule has 1 unspecified atom stereocenters. The van der Waals surface area contributed by atoms with Crippen molar-refractivity contribution in [2.24, 2.45) is 0 Å². The molecule has 144 valence electrons. The third-order valence-electron chi connectivity index (χ3n) is 4.22. The second kappa shape index (κ2) is 15.9. The van der Waals surface area contributed by atoms with Crippen molar-refractivity contribution in [2.45, 2.75) is 97.5 Å². The van der Waals surface area contributed by atoms with E-state index in [0.717, 1.165) is 44.6 Å². The fourth-order valence-corrected chi connectivity index (χ4v) is 2.66. The normalized spacial score (nSPS) is 13.2. The van der Waals surface area contributed by atoms with Gasteiger partial charge in [0.2, 0.25) is 0 Å². The molecular formula is C21H36O4. The molecule has 4 nitrogen and oxygen atoms in total. The van der Waals surface area contributed by atoms with Crippen LogP contribution in [0.2, 0.25) is 0 Å². The van der Waals surface area contributed by atoms with Crippen molar-refractivity contribution in [3.05, 3.63) is 23.8 Å². The maximum Gasteiger partial charge on any atom is 0.331 e. The predicted molar refractivity (Wildman–Crippen MR) is 103 cm³/mol. The van der Waals surface area contributed by atoms with E-state index in [0.29, 0.717) is 0 Å². The Labute approximate surface area is 153 Å². The first-order valence-corrected chi connectivity index (χ1v) is 9.74. The molecule has 0 bridgehead atoms. The van der Waals surface area contributed by atoms with Gasteiger partial charge in [-0.25, -0.2) is 9.59 Å². The van der Waals surface area contributed by atoms with Gasteiger partial charge in [-0.2, -0.15) is 0 Å². The van der Waals surface area contributed by atoms with E-state index in [9.17, 15) is 9.59 Å². The first kappa shape index (κ1) is 23.4. The van der Waals surface area contributed by atoms with E-state index in [4.69, 9.17) is 9.84 Å². The summed E-state index contributed by atoms with van der Waals surface area (Å²) >= 11 is 0. The Bertz CT molecular complexity index is 424. The summed E-state index contributed by atoms with van der Waals surface area (Å²) in [5.74, 6) is -1.63. The monoisotopic (exact) mass is 352 g/mol. The van der Waals surface area contributed by atoms with Crippen molar-refractivity contribution in [1.29, 1.82) is 0 Å². The molecular weight excluding hydrogens is 316 g/mol. The van der Waals surface area contributed by atoms with E-state index in [-0.39, 0.29) is 11.7 Å². The van der Waals surface area contributed by atoms with E-state index >= 15 is 0 Å². The van der Waals surface area contributed by atoms with Crippen LogP contribution in [-0.2, 0) is 14.3 Å². The molecule has 0 saturated carbocycles. The van der Waals surface area contributed by atoms with Gasteiger partial charge in [0.25, 0.3) is 0 Å². The molecule has 0 spiro atoms. The van der Waals surface area contributed by atoms with Crippen LogP contribution >= 0.6 is 0 Å². The van der Waals surface area contributed by atoms with Crippen LogP contribution in [0, 0.1) is 0 Å². The van der Waals surface area contributed by atoms with Gasteiger partial charge in [0, 0.05) is 11.6 Å². The first-order chi connectivity index (χ1) is 12.0. The summed E-state index contributed by atoms with van der Waals surface area (Å²) < 4.78 is 5.49. The Morgan fingerprint density at radius 3 is 2.20 bits per heavy atom. The van der Waals surface area contributed by atoms with Gasteiger partial charge in [-0.1, -0.05) is 57.6 Å². The Morgan fingerprint density at radius 2 is 1.60 bits per heavy atom. The second-order valence-corrected chi connectivity index (χ2v) is 6.60. The minimum atomic E-state index is -1.09. The van der Waals surface area contributed by atoms with Crippen molar-refractivity contribution in [1.82, 2.24) is 0 Å². The summed E-state index contributed by atoms with van der Waals surface area (Å²) in [7, 11) is 0. The molecule has 0 fully saturated rings. The summed E-state index contributed by atoms with van der Waals surface area (Å²) in [6.45, 7) is 5.61. The highest BCUT2D eigenvalue weighted by molar-refractivity contribution is 5.94. The number of ether oxygens (including phenoxy) is 1. The SMILES string of the molecule is CC=CCCCC(CCCCCCCCC)OC(=O)C=C(C)C(=O)O. The van der Waals surface area contributed by atoms with Gasteiger partial charge >= 0.3 is 11.9 Å². The quantitative estimate of drug-likeness (QED) is 0.175. The third-order valence-corrected chi connectivity index (χ3v) is 4.22. The second-order valence-electron chi connectivity index (χ2n) is 6.60. The zero-order valence-corrected chi connectivity index (χ0v) is 16.3. The number of carbonyl (C=O) groups is 2. The smallest absolute Gasteiger partial charge is 0.331 e. The van der Waals surface area contributed by atoms with E-state index < -0.39 is 11.9 Å². The lowest BCUT2D eigenvalue weighted by Crippen LogP contribution is -2.18. The molecule has 0 aromatic heterocycles. The average molecular weight is 353 g/mol. The number of aliphatic carboxylic acids is 1. The molecule has 1 atom stereocenters. The molecule has 0 aliphatic heterocycles. The minimum Gasteiger partial charge on any atom is -0.478 e. The summed E-state index contributed by atoms with van der Waals surface area (Å²) in [5, 5.41) is 8.84. The number of allylic oxidation sites excluding steroid dienone is 2. The Morgan fingerprint density at radius 1 is 1.00 bits per heavy atom. The Balaban J connectivity index is 4.28. The lowest BCUT2D eigenvalue weighted by Gasteiger charge is -2.17. The van der Waals surface area contributed by atoms with E-state index in [1.807, 2.05) is 13.0 Å². The standard InChI is InChI=1S/C21H36O4/c1-4-6-8-10-11-12-14-16-19(15-13-9-7-5-2)25-20(22)17-18(3)21(23)24/h5,7,17,19H,4,6,8-16H2,1-3H3,(H,23,24). The van der Waals surface area contributed by atoms with E-state index in [1.54, 1.807) is 0 Å². The summed E-state index contributed by atoms with van der Waals surface area (Å²) in [5.41, 5.74) is 0.00795. The van der Waals surface area contributed by atoms with Crippen LogP contribution in [0.25, 0.3) is 0 Å². The summed E-state index contributed by atoms with van der Waals surface area (Å²) in [6.07, 6.45) is 17.3. The van der Waals surface area contributed by atoms with Crippen molar-refractivity contribution < 1.29 is 19.4 Å². The molecule has 4 heteroatoms. The number of carbonyl (C=O) groups excluding carboxylic acids is 1. The lowest BCUT2D eigenvalue weighted by molar-refractivity contribution is -0.144. The predicted octanol–water partition coefficient (Wildman–Crippen LogP) is 5.82. The van der Waals surface area contributed by atoms with Gasteiger partial charge in [-0.15, -0.1) is 0 Å². The van der Waals surface area contributed by atoms with Crippen LogP contribution in [0.3, 0.4) is 0 Å². The van der Waals surface area contributed by atoms with Gasteiger partial charge in [0.1, 0.15) is 6.10 Å². The van der Waals surface area contributed by atoms with Crippen LogP contribution in [0.15, 0.2) is 23.8 Å². The first-order valence-electron chi connectivity index (χ1n) is 9.74. The van der Waals surface area contributed by atoms with Crippen molar-refractivity contribution >= 4 is 11.9 Å².